The summed E-state index contributed by atoms with van der Waals surface area (Å²) in [6.45, 7) is 0.462. The van der Waals surface area contributed by atoms with Crippen molar-refractivity contribution in [1.82, 2.24) is 4.98 Å². The molecule has 1 aromatic carbocycles. The van der Waals surface area contributed by atoms with Gasteiger partial charge in [0.05, 0.1) is 5.52 Å². The number of pyridine rings is 1. The second kappa shape index (κ2) is 5.01. The first-order valence-electron chi connectivity index (χ1n) is 7.36. The average molecular weight is 310 g/mol. The van der Waals surface area contributed by atoms with Crippen molar-refractivity contribution in [3.63, 3.8) is 0 Å². The predicted molar refractivity (Wildman–Crippen MR) is 84.4 cm³/mol. The number of carbonyl (C=O) groups excluding carboxylic acids is 1. The van der Waals surface area contributed by atoms with Crippen molar-refractivity contribution in [2.75, 3.05) is 11.4 Å². The zero-order valence-corrected chi connectivity index (χ0v) is 12.2. The van der Waals surface area contributed by atoms with Gasteiger partial charge in [-0.2, -0.15) is 0 Å². The third kappa shape index (κ3) is 2.11. The van der Waals surface area contributed by atoms with Gasteiger partial charge < -0.3 is 14.6 Å². The smallest absolute Gasteiger partial charge is 0.249 e. The quantitative estimate of drug-likeness (QED) is 0.759. The van der Waals surface area contributed by atoms with Crippen molar-refractivity contribution in [2.24, 2.45) is 0 Å². The number of furan rings is 1. The van der Waals surface area contributed by atoms with E-state index in [1.54, 1.807) is 6.07 Å². The van der Waals surface area contributed by atoms with E-state index < -0.39 is 11.5 Å². The van der Waals surface area contributed by atoms with Gasteiger partial charge in [0.2, 0.25) is 29.1 Å². The van der Waals surface area contributed by atoms with Crippen LogP contribution in [0.3, 0.4) is 0 Å². The van der Waals surface area contributed by atoms with Gasteiger partial charge in [-0.15, -0.1) is 0 Å². The molecule has 0 saturated carbocycles. The highest BCUT2D eigenvalue weighted by Crippen LogP contribution is 2.47. The molecule has 1 aliphatic heterocycles. The van der Waals surface area contributed by atoms with E-state index in [0.717, 1.165) is 10.9 Å². The number of rotatable bonds is 2. The number of aromatic nitrogens is 1. The number of para-hydroxylation sites is 1. The first kappa shape index (κ1) is 13.6. The van der Waals surface area contributed by atoms with Gasteiger partial charge in [0.25, 0.3) is 0 Å². The molecule has 0 spiro atoms. The standard InChI is InChI=1S/C17H14N2O4/c20-13-6-3-9-19(13)17-15(22)14(21)16(23-17)12-8-7-10-4-1-2-5-11(10)18-12/h1-2,4-5,7-8,21-22H,3,6,9H2. The Bertz CT molecular complexity index is 916. The zero-order chi connectivity index (χ0) is 16.0. The Kier molecular flexibility index (Phi) is 2.97. The van der Waals surface area contributed by atoms with Gasteiger partial charge in [0, 0.05) is 18.4 Å². The van der Waals surface area contributed by atoms with Crippen LogP contribution in [-0.2, 0) is 4.79 Å². The van der Waals surface area contributed by atoms with Crippen LogP contribution in [-0.4, -0.2) is 27.6 Å². The summed E-state index contributed by atoms with van der Waals surface area (Å²) in [5.74, 6) is -0.919. The van der Waals surface area contributed by atoms with E-state index in [4.69, 9.17) is 4.42 Å². The van der Waals surface area contributed by atoms with E-state index >= 15 is 0 Å². The number of benzene rings is 1. The molecule has 1 aliphatic rings. The molecule has 23 heavy (non-hydrogen) atoms. The molecule has 6 heteroatoms. The van der Waals surface area contributed by atoms with Crippen molar-refractivity contribution in [3.05, 3.63) is 36.4 Å². The van der Waals surface area contributed by atoms with Crippen LogP contribution in [0.25, 0.3) is 22.4 Å². The number of nitrogens with zero attached hydrogens (tertiary/aromatic N) is 2. The maximum Gasteiger partial charge on any atom is 0.249 e. The lowest BCUT2D eigenvalue weighted by molar-refractivity contribution is -0.117. The fraction of sp³-hybridized carbons (Fsp3) is 0.176. The van der Waals surface area contributed by atoms with Crippen LogP contribution in [0.15, 0.2) is 40.8 Å². The van der Waals surface area contributed by atoms with E-state index in [1.807, 2.05) is 30.3 Å². The summed E-state index contributed by atoms with van der Waals surface area (Å²) in [5, 5.41) is 21.2. The number of anilines is 1. The van der Waals surface area contributed by atoms with Gasteiger partial charge in [-0.3, -0.25) is 9.69 Å². The molecule has 2 N–H and O–H groups in total. The lowest BCUT2D eigenvalue weighted by Gasteiger charge is -2.11. The molecule has 2 aromatic heterocycles. The predicted octanol–water partition coefficient (Wildman–Crippen LogP) is 3.03. The van der Waals surface area contributed by atoms with Crippen LogP contribution in [0.1, 0.15) is 12.8 Å². The third-order valence-corrected chi connectivity index (χ3v) is 3.99. The molecule has 116 valence electrons. The van der Waals surface area contributed by atoms with Crippen molar-refractivity contribution < 1.29 is 19.4 Å². The maximum atomic E-state index is 11.8. The maximum absolute atomic E-state index is 11.8. The molecule has 3 aromatic rings. The van der Waals surface area contributed by atoms with Crippen LogP contribution < -0.4 is 4.90 Å². The Hall–Kier alpha value is -3.02. The van der Waals surface area contributed by atoms with Gasteiger partial charge in [0.15, 0.2) is 0 Å². The minimum absolute atomic E-state index is 0.0186. The van der Waals surface area contributed by atoms with Crippen molar-refractivity contribution in [2.45, 2.75) is 12.8 Å². The summed E-state index contributed by atoms with van der Waals surface area (Å²) in [7, 11) is 0. The number of amides is 1. The van der Waals surface area contributed by atoms with Crippen LogP contribution in [0.4, 0.5) is 5.88 Å². The van der Waals surface area contributed by atoms with Crippen LogP contribution in [0.2, 0.25) is 0 Å². The van der Waals surface area contributed by atoms with Crippen LogP contribution in [0, 0.1) is 0 Å². The SMILES string of the molecule is O=C1CCCN1c1oc(-c2ccc3ccccc3n2)c(O)c1O. The number of carbonyl (C=O) groups is 1. The Morgan fingerprint density at radius 1 is 1.09 bits per heavy atom. The van der Waals surface area contributed by atoms with Gasteiger partial charge in [-0.05, 0) is 18.6 Å². The minimum atomic E-state index is -0.426. The fourth-order valence-corrected chi connectivity index (χ4v) is 2.81. The second-order valence-corrected chi connectivity index (χ2v) is 5.47. The molecule has 3 heterocycles. The van der Waals surface area contributed by atoms with E-state index in [9.17, 15) is 15.0 Å². The zero-order valence-electron chi connectivity index (χ0n) is 12.2. The summed E-state index contributed by atoms with van der Waals surface area (Å²) in [5.41, 5.74) is 1.15. The normalized spacial score (nSPS) is 14.8. The van der Waals surface area contributed by atoms with Gasteiger partial charge in [0.1, 0.15) is 5.69 Å². The third-order valence-electron chi connectivity index (χ3n) is 3.99. The van der Waals surface area contributed by atoms with Gasteiger partial charge in [-0.25, -0.2) is 4.98 Å². The summed E-state index contributed by atoms with van der Waals surface area (Å²) < 4.78 is 5.58. The summed E-state index contributed by atoms with van der Waals surface area (Å²) in [6.07, 6.45) is 1.10. The van der Waals surface area contributed by atoms with Crippen LogP contribution >= 0.6 is 0 Å². The van der Waals surface area contributed by atoms with Crippen molar-refractivity contribution in [3.8, 4) is 23.0 Å². The molecule has 0 unspecified atom stereocenters. The van der Waals surface area contributed by atoms with E-state index in [-0.39, 0.29) is 17.6 Å². The van der Waals surface area contributed by atoms with E-state index in [0.29, 0.717) is 25.1 Å². The summed E-state index contributed by atoms with van der Waals surface area (Å²) in [4.78, 5) is 17.6. The highest BCUT2D eigenvalue weighted by molar-refractivity contribution is 5.96. The largest absolute Gasteiger partial charge is 0.501 e. The number of aromatic hydroxyl groups is 2. The molecule has 0 atom stereocenters. The first-order valence-corrected chi connectivity index (χ1v) is 7.36. The Balaban J connectivity index is 1.83. The number of fused-ring (bicyclic) bond motifs is 1. The Labute approximate surface area is 131 Å². The molecule has 0 radical (unpaired) electrons. The lowest BCUT2D eigenvalue weighted by Crippen LogP contribution is -2.23. The highest BCUT2D eigenvalue weighted by atomic mass is 16.4. The van der Waals surface area contributed by atoms with Gasteiger partial charge in [-0.1, -0.05) is 24.3 Å². The number of hydrogen-bond donors (Lipinski definition) is 2. The molecule has 0 bridgehead atoms. The lowest BCUT2D eigenvalue weighted by atomic mass is 10.2. The summed E-state index contributed by atoms with van der Waals surface area (Å²) >= 11 is 0. The molecule has 1 fully saturated rings. The Morgan fingerprint density at radius 3 is 2.70 bits per heavy atom. The molecular weight excluding hydrogens is 296 g/mol. The molecular formula is C17H14N2O4. The van der Waals surface area contributed by atoms with Crippen molar-refractivity contribution in [1.29, 1.82) is 0 Å². The summed E-state index contributed by atoms with van der Waals surface area (Å²) in [6, 6.07) is 11.1. The highest BCUT2D eigenvalue weighted by Gasteiger charge is 2.31. The topological polar surface area (TPSA) is 86.8 Å². The van der Waals surface area contributed by atoms with E-state index in [2.05, 4.69) is 4.98 Å². The Morgan fingerprint density at radius 2 is 1.91 bits per heavy atom. The minimum Gasteiger partial charge on any atom is -0.501 e. The molecule has 6 nitrogen and oxygen atoms in total. The number of hydrogen-bond acceptors (Lipinski definition) is 5. The van der Waals surface area contributed by atoms with Gasteiger partial charge >= 0.3 is 0 Å². The second-order valence-electron chi connectivity index (χ2n) is 5.47. The van der Waals surface area contributed by atoms with Crippen molar-refractivity contribution >= 4 is 22.7 Å². The fourth-order valence-electron chi connectivity index (χ4n) is 2.81. The molecule has 1 amide bonds. The first-order chi connectivity index (χ1) is 11.1. The molecule has 4 rings (SSSR count). The van der Waals surface area contributed by atoms with Crippen LogP contribution in [0.5, 0.6) is 11.5 Å². The molecule has 0 aliphatic carbocycles. The monoisotopic (exact) mass is 310 g/mol. The average Bonchev–Trinajstić information content (AvgIpc) is 3.11. The van der Waals surface area contributed by atoms with E-state index in [1.165, 1.54) is 4.90 Å². The molecule has 1 saturated heterocycles.